The largest absolute Gasteiger partial charge is 0.383 e. The number of rotatable bonds is 8. The van der Waals surface area contributed by atoms with E-state index in [1.54, 1.807) is 20.2 Å². The van der Waals surface area contributed by atoms with Crippen molar-refractivity contribution in [2.45, 2.75) is 39.7 Å². The molecule has 0 bridgehead atoms. The van der Waals surface area contributed by atoms with Gasteiger partial charge in [0.2, 0.25) is 0 Å². The maximum atomic E-state index is 11.3. The summed E-state index contributed by atoms with van der Waals surface area (Å²) in [5, 5.41) is 0. The number of pyridine rings is 1. The molecule has 0 aliphatic carbocycles. The van der Waals surface area contributed by atoms with E-state index < -0.39 is 0 Å². The third kappa shape index (κ3) is 4.31. The van der Waals surface area contributed by atoms with Crippen LogP contribution in [0.2, 0.25) is 0 Å². The van der Waals surface area contributed by atoms with Gasteiger partial charge in [0.1, 0.15) is 5.82 Å². The van der Waals surface area contributed by atoms with E-state index in [2.05, 4.69) is 23.7 Å². The van der Waals surface area contributed by atoms with E-state index in [0.29, 0.717) is 18.2 Å². The Labute approximate surface area is 115 Å². The van der Waals surface area contributed by atoms with Crippen LogP contribution in [0.3, 0.4) is 0 Å². The molecule has 0 aromatic carbocycles. The Kier molecular flexibility index (Phi) is 6.50. The first-order chi connectivity index (χ1) is 9.13. The van der Waals surface area contributed by atoms with E-state index in [-0.39, 0.29) is 5.78 Å². The predicted molar refractivity (Wildman–Crippen MR) is 77.8 cm³/mol. The minimum absolute atomic E-state index is 0.0463. The number of ether oxygens (including phenoxy) is 1. The lowest BCUT2D eigenvalue weighted by Gasteiger charge is -2.31. The quantitative estimate of drug-likeness (QED) is 0.677. The first kappa shape index (κ1) is 15.6. The van der Waals surface area contributed by atoms with Gasteiger partial charge in [-0.15, -0.1) is 0 Å². The molecule has 0 amide bonds. The zero-order valence-electron chi connectivity index (χ0n) is 12.3. The van der Waals surface area contributed by atoms with Gasteiger partial charge in [-0.05, 0) is 31.9 Å². The molecule has 19 heavy (non-hydrogen) atoms. The average molecular weight is 264 g/mol. The number of methoxy groups -OCH3 is 1. The molecule has 1 rings (SSSR count). The van der Waals surface area contributed by atoms with Crippen molar-refractivity contribution < 1.29 is 9.53 Å². The second-order valence-electron chi connectivity index (χ2n) is 4.62. The fraction of sp³-hybridized carbons (Fsp3) is 0.600. The molecule has 0 saturated carbocycles. The molecular formula is C15H24N2O2. The summed E-state index contributed by atoms with van der Waals surface area (Å²) < 4.78 is 5.17. The van der Waals surface area contributed by atoms with Crippen LogP contribution in [0.15, 0.2) is 18.3 Å². The van der Waals surface area contributed by atoms with Gasteiger partial charge >= 0.3 is 0 Å². The number of Topliss-reactive ketones (excluding diaryl/α,β-unsaturated/α-hetero) is 1. The summed E-state index contributed by atoms with van der Waals surface area (Å²) in [7, 11) is 1.71. The molecule has 0 saturated heterocycles. The lowest BCUT2D eigenvalue weighted by molar-refractivity contribution is 0.101. The van der Waals surface area contributed by atoms with Gasteiger partial charge in [0.15, 0.2) is 5.78 Å². The fourth-order valence-electron chi connectivity index (χ4n) is 2.17. The zero-order chi connectivity index (χ0) is 14.3. The van der Waals surface area contributed by atoms with Crippen LogP contribution < -0.4 is 4.90 Å². The minimum Gasteiger partial charge on any atom is -0.383 e. The van der Waals surface area contributed by atoms with Gasteiger partial charge in [-0.1, -0.05) is 13.8 Å². The highest BCUT2D eigenvalue weighted by molar-refractivity contribution is 5.93. The summed E-state index contributed by atoms with van der Waals surface area (Å²) in [6.45, 7) is 7.40. The van der Waals surface area contributed by atoms with Crippen LogP contribution in [0.4, 0.5) is 5.82 Å². The van der Waals surface area contributed by atoms with Crippen LogP contribution in [0, 0.1) is 0 Å². The highest BCUT2D eigenvalue weighted by Gasteiger charge is 2.16. The van der Waals surface area contributed by atoms with Crippen LogP contribution >= 0.6 is 0 Å². The van der Waals surface area contributed by atoms with Crippen LogP contribution in [0.5, 0.6) is 0 Å². The van der Waals surface area contributed by atoms with Crippen LogP contribution in [0.1, 0.15) is 44.0 Å². The molecule has 0 unspecified atom stereocenters. The van der Waals surface area contributed by atoms with Gasteiger partial charge in [0, 0.05) is 31.5 Å². The molecule has 0 aliphatic heterocycles. The summed E-state index contributed by atoms with van der Waals surface area (Å²) in [6.07, 6.45) is 3.78. The van der Waals surface area contributed by atoms with Crippen LogP contribution in [-0.4, -0.2) is 37.1 Å². The summed E-state index contributed by atoms with van der Waals surface area (Å²) in [4.78, 5) is 17.9. The molecule has 1 aromatic rings. The second-order valence-corrected chi connectivity index (χ2v) is 4.62. The third-order valence-corrected chi connectivity index (χ3v) is 3.37. The van der Waals surface area contributed by atoms with E-state index in [9.17, 15) is 4.79 Å². The number of ketones is 1. The maximum absolute atomic E-state index is 11.3. The number of aromatic nitrogens is 1. The Morgan fingerprint density at radius 2 is 2.05 bits per heavy atom. The maximum Gasteiger partial charge on any atom is 0.161 e. The van der Waals surface area contributed by atoms with E-state index in [1.807, 2.05) is 12.1 Å². The molecule has 0 radical (unpaired) electrons. The molecule has 0 atom stereocenters. The molecule has 4 nitrogen and oxygen atoms in total. The lowest BCUT2D eigenvalue weighted by atomic mass is 10.1. The smallest absolute Gasteiger partial charge is 0.161 e. The number of carbonyl (C=O) groups excluding carboxylic acids is 1. The van der Waals surface area contributed by atoms with Crippen molar-refractivity contribution in [1.82, 2.24) is 4.98 Å². The third-order valence-electron chi connectivity index (χ3n) is 3.37. The van der Waals surface area contributed by atoms with Gasteiger partial charge in [0.25, 0.3) is 0 Å². The molecule has 1 heterocycles. The Hall–Kier alpha value is -1.42. The molecule has 0 spiro atoms. The monoisotopic (exact) mass is 264 g/mol. The van der Waals surface area contributed by atoms with E-state index in [0.717, 1.165) is 25.2 Å². The van der Waals surface area contributed by atoms with Gasteiger partial charge in [-0.2, -0.15) is 0 Å². The first-order valence-electron chi connectivity index (χ1n) is 6.86. The average Bonchev–Trinajstić information content (AvgIpc) is 2.43. The van der Waals surface area contributed by atoms with Crippen LogP contribution in [0.25, 0.3) is 0 Å². The van der Waals surface area contributed by atoms with Gasteiger partial charge in [0.05, 0.1) is 6.61 Å². The first-order valence-corrected chi connectivity index (χ1v) is 6.86. The Balaban J connectivity index is 2.92. The highest BCUT2D eigenvalue weighted by Crippen LogP contribution is 2.18. The number of nitrogens with zero attached hydrogens (tertiary/aromatic N) is 2. The second kappa shape index (κ2) is 7.89. The summed E-state index contributed by atoms with van der Waals surface area (Å²) >= 11 is 0. The molecule has 4 heteroatoms. The molecular weight excluding hydrogens is 240 g/mol. The van der Waals surface area contributed by atoms with Gasteiger partial charge in [-0.3, -0.25) is 4.79 Å². The van der Waals surface area contributed by atoms with Gasteiger partial charge in [-0.25, -0.2) is 4.98 Å². The number of carbonyl (C=O) groups is 1. The topological polar surface area (TPSA) is 42.4 Å². The van der Waals surface area contributed by atoms with E-state index in [4.69, 9.17) is 4.74 Å². The Bertz CT molecular complexity index is 386. The molecule has 106 valence electrons. The fourth-order valence-corrected chi connectivity index (χ4v) is 2.17. The van der Waals surface area contributed by atoms with Crippen molar-refractivity contribution in [2.75, 3.05) is 25.2 Å². The van der Waals surface area contributed by atoms with Crippen molar-refractivity contribution in [3.05, 3.63) is 23.9 Å². The van der Waals surface area contributed by atoms with Crippen molar-refractivity contribution in [3.63, 3.8) is 0 Å². The SMILES string of the molecule is CCC(CC)N(CCOC)c1ccc(C(C)=O)cn1. The lowest BCUT2D eigenvalue weighted by Crippen LogP contribution is -2.37. The number of hydrogen-bond acceptors (Lipinski definition) is 4. The van der Waals surface area contributed by atoms with Crippen molar-refractivity contribution in [3.8, 4) is 0 Å². The Morgan fingerprint density at radius 3 is 2.47 bits per heavy atom. The summed E-state index contributed by atoms with van der Waals surface area (Å²) in [5.41, 5.74) is 0.653. The zero-order valence-corrected chi connectivity index (χ0v) is 12.3. The molecule has 0 aliphatic rings. The van der Waals surface area contributed by atoms with E-state index >= 15 is 0 Å². The molecule has 1 aromatic heterocycles. The van der Waals surface area contributed by atoms with Crippen molar-refractivity contribution in [2.24, 2.45) is 0 Å². The summed E-state index contributed by atoms with van der Waals surface area (Å²) in [6, 6.07) is 4.21. The van der Waals surface area contributed by atoms with Crippen molar-refractivity contribution >= 4 is 11.6 Å². The Morgan fingerprint density at radius 1 is 1.37 bits per heavy atom. The van der Waals surface area contributed by atoms with Crippen molar-refractivity contribution in [1.29, 1.82) is 0 Å². The normalized spacial score (nSPS) is 10.8. The molecule has 0 fully saturated rings. The number of hydrogen-bond donors (Lipinski definition) is 0. The van der Waals surface area contributed by atoms with E-state index in [1.165, 1.54) is 0 Å². The molecule has 0 N–H and O–H groups in total. The minimum atomic E-state index is 0.0463. The summed E-state index contributed by atoms with van der Waals surface area (Å²) in [5.74, 6) is 0.959. The predicted octanol–water partition coefficient (Wildman–Crippen LogP) is 2.93. The van der Waals surface area contributed by atoms with Gasteiger partial charge < -0.3 is 9.64 Å². The standard InChI is InChI=1S/C15H24N2O2/c1-5-14(6-2)17(9-10-19-4)15-8-7-13(11-16-15)12(3)18/h7-8,11,14H,5-6,9-10H2,1-4H3. The number of anilines is 1. The highest BCUT2D eigenvalue weighted by atomic mass is 16.5. The van der Waals surface area contributed by atoms with Crippen LogP contribution in [-0.2, 0) is 4.74 Å².